The molecule has 0 saturated heterocycles. The van der Waals surface area contributed by atoms with E-state index in [1.807, 2.05) is 0 Å². The van der Waals surface area contributed by atoms with Gasteiger partial charge < -0.3 is 9.84 Å². The lowest BCUT2D eigenvalue weighted by atomic mass is 10.1. The van der Waals surface area contributed by atoms with Crippen molar-refractivity contribution in [2.24, 2.45) is 0 Å². The van der Waals surface area contributed by atoms with E-state index >= 15 is 0 Å². The van der Waals surface area contributed by atoms with E-state index in [9.17, 15) is 4.39 Å². The lowest BCUT2D eigenvalue weighted by Gasteiger charge is -1.98. The molecule has 0 spiro atoms. The molecule has 1 aliphatic rings. The van der Waals surface area contributed by atoms with Crippen LogP contribution in [0.1, 0.15) is 24.3 Å². The molecule has 1 N–H and O–H groups in total. The number of nitrogens with zero attached hydrogens (tertiary/aromatic N) is 2. The molecular weight excluding hydrogens is 245 g/mol. The number of benzene rings is 1. The van der Waals surface area contributed by atoms with Crippen molar-refractivity contribution < 1.29 is 8.91 Å². The summed E-state index contributed by atoms with van der Waals surface area (Å²) in [5.74, 6) is 0.781. The van der Waals surface area contributed by atoms with Gasteiger partial charge in [-0.05, 0) is 31.4 Å². The minimum atomic E-state index is -0.251. The molecule has 4 nitrogen and oxygen atoms in total. The summed E-state index contributed by atoms with van der Waals surface area (Å²) in [4.78, 5) is 4.28. The maximum Gasteiger partial charge on any atom is 0.228 e. The average molecular weight is 261 g/mol. The summed E-state index contributed by atoms with van der Waals surface area (Å²) in [7, 11) is 0. The second-order valence-electron chi connectivity index (χ2n) is 4.95. The monoisotopic (exact) mass is 261 g/mol. The Kier molecular flexibility index (Phi) is 3.29. The van der Waals surface area contributed by atoms with Crippen molar-refractivity contribution in [2.45, 2.75) is 32.2 Å². The van der Waals surface area contributed by atoms with Crippen molar-refractivity contribution in [2.75, 3.05) is 6.54 Å². The Hall–Kier alpha value is -1.75. The smallest absolute Gasteiger partial charge is 0.228 e. The highest BCUT2D eigenvalue weighted by atomic mass is 19.1. The van der Waals surface area contributed by atoms with Crippen LogP contribution < -0.4 is 5.32 Å². The van der Waals surface area contributed by atoms with Gasteiger partial charge in [0, 0.05) is 24.6 Å². The molecule has 1 aliphatic carbocycles. The molecule has 5 heteroatoms. The molecule has 2 aromatic rings. The molecule has 100 valence electrons. The highest BCUT2D eigenvalue weighted by Crippen LogP contribution is 2.20. The summed E-state index contributed by atoms with van der Waals surface area (Å²) in [5.41, 5.74) is 1.26. The first-order valence-electron chi connectivity index (χ1n) is 6.55. The molecule has 1 heterocycles. The molecule has 0 bridgehead atoms. The van der Waals surface area contributed by atoms with Gasteiger partial charge in [-0.2, -0.15) is 4.98 Å². The number of hydrogen-bond acceptors (Lipinski definition) is 4. The van der Waals surface area contributed by atoms with E-state index in [-0.39, 0.29) is 5.82 Å². The van der Waals surface area contributed by atoms with Crippen LogP contribution in [-0.2, 0) is 6.42 Å². The Balaban J connectivity index is 1.67. The van der Waals surface area contributed by atoms with Crippen LogP contribution in [0.2, 0.25) is 0 Å². The number of rotatable bonds is 5. The molecule has 1 aromatic heterocycles. The number of aromatic nitrogens is 2. The van der Waals surface area contributed by atoms with Crippen LogP contribution in [0.5, 0.6) is 0 Å². The van der Waals surface area contributed by atoms with Crippen LogP contribution >= 0.6 is 0 Å². The molecule has 1 aromatic carbocycles. The summed E-state index contributed by atoms with van der Waals surface area (Å²) in [6.07, 6.45) is 3.23. The highest BCUT2D eigenvalue weighted by molar-refractivity contribution is 5.54. The summed E-state index contributed by atoms with van der Waals surface area (Å²) in [5, 5.41) is 7.27. The van der Waals surface area contributed by atoms with Gasteiger partial charge in [0.25, 0.3) is 0 Å². The third-order valence-electron chi connectivity index (χ3n) is 3.25. The predicted octanol–water partition coefficient (Wildman–Crippen LogP) is 2.48. The van der Waals surface area contributed by atoms with Crippen molar-refractivity contribution in [3.8, 4) is 11.4 Å². The first kappa shape index (κ1) is 12.3. The van der Waals surface area contributed by atoms with Gasteiger partial charge in [0.15, 0.2) is 0 Å². The summed E-state index contributed by atoms with van der Waals surface area (Å²) in [6, 6.07) is 5.63. The summed E-state index contributed by atoms with van der Waals surface area (Å²) in [6.45, 7) is 2.57. The van der Waals surface area contributed by atoms with Crippen LogP contribution in [0.15, 0.2) is 22.7 Å². The van der Waals surface area contributed by atoms with Crippen molar-refractivity contribution in [1.82, 2.24) is 15.5 Å². The number of halogens is 1. The van der Waals surface area contributed by atoms with Crippen molar-refractivity contribution in [3.05, 3.63) is 35.5 Å². The van der Waals surface area contributed by atoms with E-state index in [0.717, 1.165) is 6.54 Å². The molecule has 0 amide bonds. The quantitative estimate of drug-likeness (QED) is 0.898. The van der Waals surface area contributed by atoms with Crippen LogP contribution in [0.25, 0.3) is 11.4 Å². The second kappa shape index (κ2) is 5.09. The van der Waals surface area contributed by atoms with Crippen LogP contribution in [0.4, 0.5) is 4.39 Å². The van der Waals surface area contributed by atoms with Gasteiger partial charge in [0.2, 0.25) is 11.7 Å². The zero-order valence-electron chi connectivity index (χ0n) is 10.8. The lowest BCUT2D eigenvalue weighted by Crippen LogP contribution is -2.19. The third kappa shape index (κ3) is 2.98. The fraction of sp³-hybridized carbons (Fsp3) is 0.429. The Labute approximate surface area is 111 Å². The normalized spacial score (nSPS) is 14.8. The van der Waals surface area contributed by atoms with Gasteiger partial charge in [-0.1, -0.05) is 17.3 Å². The zero-order valence-corrected chi connectivity index (χ0v) is 10.8. The molecule has 3 rings (SSSR count). The lowest BCUT2D eigenvalue weighted by molar-refractivity contribution is 0.376. The second-order valence-corrected chi connectivity index (χ2v) is 4.95. The van der Waals surface area contributed by atoms with Crippen molar-refractivity contribution in [3.63, 3.8) is 0 Å². The van der Waals surface area contributed by atoms with Gasteiger partial charge in [0.1, 0.15) is 5.82 Å². The van der Waals surface area contributed by atoms with Crippen LogP contribution in [0, 0.1) is 12.7 Å². The van der Waals surface area contributed by atoms with Crippen molar-refractivity contribution >= 4 is 0 Å². The minimum Gasteiger partial charge on any atom is -0.339 e. The van der Waals surface area contributed by atoms with Crippen LogP contribution in [-0.4, -0.2) is 22.7 Å². The molecule has 19 heavy (non-hydrogen) atoms. The number of hydrogen-bond donors (Lipinski definition) is 1. The predicted molar refractivity (Wildman–Crippen MR) is 69.2 cm³/mol. The van der Waals surface area contributed by atoms with Gasteiger partial charge >= 0.3 is 0 Å². The summed E-state index contributed by atoms with van der Waals surface area (Å²) >= 11 is 0. The molecule has 0 unspecified atom stereocenters. The van der Waals surface area contributed by atoms with E-state index in [2.05, 4.69) is 15.5 Å². The SMILES string of the molecule is Cc1ccc(-c2noc(CCNC3CC3)n2)cc1F. The van der Waals surface area contributed by atoms with Crippen LogP contribution in [0.3, 0.4) is 0 Å². The Morgan fingerprint density at radius 3 is 3.00 bits per heavy atom. The molecular formula is C14H16FN3O. The molecule has 0 atom stereocenters. The maximum absolute atomic E-state index is 13.5. The van der Waals surface area contributed by atoms with Gasteiger partial charge in [0.05, 0.1) is 0 Å². The van der Waals surface area contributed by atoms with E-state index in [1.54, 1.807) is 19.1 Å². The van der Waals surface area contributed by atoms with E-state index < -0.39 is 0 Å². The third-order valence-corrected chi connectivity index (χ3v) is 3.25. The minimum absolute atomic E-state index is 0.251. The Bertz CT molecular complexity index is 578. The largest absolute Gasteiger partial charge is 0.339 e. The van der Waals surface area contributed by atoms with E-state index in [4.69, 9.17) is 4.52 Å². The number of nitrogens with one attached hydrogen (secondary N) is 1. The first-order chi connectivity index (χ1) is 9.22. The average Bonchev–Trinajstić information content (AvgIpc) is 3.10. The summed E-state index contributed by atoms with van der Waals surface area (Å²) < 4.78 is 18.6. The topological polar surface area (TPSA) is 51.0 Å². The standard InChI is InChI=1S/C14H16FN3O/c1-9-2-3-10(8-12(9)15)14-17-13(19-18-14)6-7-16-11-4-5-11/h2-3,8,11,16H,4-7H2,1H3. The van der Waals surface area contributed by atoms with E-state index in [0.29, 0.717) is 35.3 Å². The molecule has 1 saturated carbocycles. The molecule has 1 fully saturated rings. The number of aryl methyl sites for hydroxylation is 1. The van der Waals surface area contributed by atoms with Gasteiger partial charge in [-0.15, -0.1) is 0 Å². The fourth-order valence-corrected chi connectivity index (χ4v) is 1.88. The fourth-order valence-electron chi connectivity index (χ4n) is 1.88. The highest BCUT2D eigenvalue weighted by Gasteiger charge is 2.20. The zero-order chi connectivity index (χ0) is 13.2. The first-order valence-corrected chi connectivity index (χ1v) is 6.55. The Morgan fingerprint density at radius 2 is 2.26 bits per heavy atom. The van der Waals surface area contributed by atoms with Gasteiger partial charge in [-0.3, -0.25) is 0 Å². The van der Waals surface area contributed by atoms with Gasteiger partial charge in [-0.25, -0.2) is 4.39 Å². The van der Waals surface area contributed by atoms with E-state index in [1.165, 1.54) is 18.9 Å². The Morgan fingerprint density at radius 1 is 1.42 bits per heavy atom. The van der Waals surface area contributed by atoms with Crippen molar-refractivity contribution in [1.29, 1.82) is 0 Å². The maximum atomic E-state index is 13.5. The molecule has 0 aliphatic heterocycles. The molecule has 0 radical (unpaired) electrons.